The molecule has 2 N–H and O–H groups in total. The SMILES string of the molecule is CN(Cc1cccc2[nH]ncc12)C1CC1(CCCO)c1c(F)cc(Cl)cc1F. The Morgan fingerprint density at radius 3 is 2.79 bits per heavy atom. The van der Waals surface area contributed by atoms with Gasteiger partial charge in [0.25, 0.3) is 0 Å². The molecule has 148 valence electrons. The molecule has 28 heavy (non-hydrogen) atoms. The molecule has 1 heterocycles. The molecule has 0 amide bonds. The van der Waals surface area contributed by atoms with Gasteiger partial charge in [0.15, 0.2) is 0 Å². The van der Waals surface area contributed by atoms with E-state index in [0.29, 0.717) is 25.8 Å². The van der Waals surface area contributed by atoms with Crippen molar-refractivity contribution in [1.29, 1.82) is 0 Å². The first-order chi connectivity index (χ1) is 13.5. The highest BCUT2D eigenvalue weighted by atomic mass is 35.5. The minimum atomic E-state index is -0.652. The molecule has 4 rings (SSSR count). The number of fused-ring (bicyclic) bond motifs is 1. The van der Waals surface area contributed by atoms with Gasteiger partial charge in [0, 0.05) is 40.6 Å². The fraction of sp³-hybridized carbons (Fsp3) is 0.381. The summed E-state index contributed by atoms with van der Waals surface area (Å²) in [5.41, 5.74) is 1.50. The van der Waals surface area contributed by atoms with Crippen LogP contribution in [0.5, 0.6) is 0 Å². The Kier molecular flexibility index (Phi) is 5.12. The zero-order valence-corrected chi connectivity index (χ0v) is 16.3. The van der Waals surface area contributed by atoms with Crippen LogP contribution in [0.2, 0.25) is 5.02 Å². The van der Waals surface area contributed by atoms with Crippen LogP contribution in [0.15, 0.2) is 36.5 Å². The van der Waals surface area contributed by atoms with Gasteiger partial charge in [0.2, 0.25) is 0 Å². The predicted molar refractivity (Wildman–Crippen MR) is 105 cm³/mol. The molecule has 2 aromatic carbocycles. The first-order valence-corrected chi connectivity index (χ1v) is 9.71. The summed E-state index contributed by atoms with van der Waals surface area (Å²) >= 11 is 5.81. The van der Waals surface area contributed by atoms with Crippen LogP contribution in [0.25, 0.3) is 10.9 Å². The third kappa shape index (κ3) is 3.30. The summed E-state index contributed by atoms with van der Waals surface area (Å²) < 4.78 is 29.4. The van der Waals surface area contributed by atoms with Crippen molar-refractivity contribution in [2.75, 3.05) is 13.7 Å². The van der Waals surface area contributed by atoms with Gasteiger partial charge in [-0.15, -0.1) is 0 Å². The second-order valence-electron chi connectivity index (χ2n) is 7.61. The van der Waals surface area contributed by atoms with Crippen LogP contribution in [0, 0.1) is 11.6 Å². The van der Waals surface area contributed by atoms with E-state index in [-0.39, 0.29) is 23.2 Å². The Bertz CT molecular complexity index is 985. The Morgan fingerprint density at radius 2 is 2.07 bits per heavy atom. The Hall–Kier alpha value is -2.02. The number of likely N-dealkylation sites (N-methyl/N-ethyl adjacent to an activating group) is 1. The zero-order chi connectivity index (χ0) is 19.9. The van der Waals surface area contributed by atoms with Gasteiger partial charge >= 0.3 is 0 Å². The number of halogens is 3. The largest absolute Gasteiger partial charge is 0.396 e. The van der Waals surface area contributed by atoms with Crippen molar-refractivity contribution in [2.45, 2.75) is 37.3 Å². The smallest absolute Gasteiger partial charge is 0.131 e. The number of benzene rings is 2. The van der Waals surface area contributed by atoms with Crippen LogP contribution in [0.4, 0.5) is 8.78 Å². The molecule has 0 aliphatic heterocycles. The summed E-state index contributed by atoms with van der Waals surface area (Å²) in [7, 11) is 1.97. The Balaban J connectivity index is 1.63. The monoisotopic (exact) mass is 405 g/mol. The van der Waals surface area contributed by atoms with E-state index in [9.17, 15) is 13.9 Å². The van der Waals surface area contributed by atoms with E-state index in [2.05, 4.69) is 15.1 Å². The average Bonchev–Trinajstić information content (AvgIpc) is 3.15. The summed E-state index contributed by atoms with van der Waals surface area (Å²) in [5, 5.41) is 17.5. The van der Waals surface area contributed by atoms with Gasteiger partial charge in [-0.05, 0) is 50.1 Å². The van der Waals surface area contributed by atoms with Gasteiger partial charge in [-0.1, -0.05) is 23.7 Å². The molecule has 1 fully saturated rings. The van der Waals surface area contributed by atoms with Crippen LogP contribution in [0.1, 0.15) is 30.4 Å². The van der Waals surface area contributed by atoms with Gasteiger partial charge in [-0.2, -0.15) is 5.10 Å². The maximum absolute atomic E-state index is 14.7. The van der Waals surface area contributed by atoms with E-state index in [1.54, 1.807) is 6.20 Å². The number of aromatic amines is 1. The number of nitrogens with one attached hydrogen (secondary N) is 1. The summed E-state index contributed by atoms with van der Waals surface area (Å²) in [6, 6.07) is 8.28. The van der Waals surface area contributed by atoms with Crippen molar-refractivity contribution in [3.63, 3.8) is 0 Å². The molecule has 1 saturated carbocycles. The lowest BCUT2D eigenvalue weighted by Gasteiger charge is -2.25. The van der Waals surface area contributed by atoms with E-state index in [1.807, 2.05) is 25.2 Å². The molecule has 0 radical (unpaired) electrons. The first kappa shape index (κ1) is 19.3. The van der Waals surface area contributed by atoms with E-state index >= 15 is 0 Å². The van der Waals surface area contributed by atoms with Gasteiger partial charge in [0.05, 0.1) is 11.7 Å². The van der Waals surface area contributed by atoms with Gasteiger partial charge in [-0.25, -0.2) is 8.78 Å². The number of hydrogen-bond donors (Lipinski definition) is 2. The van der Waals surface area contributed by atoms with E-state index in [0.717, 1.165) is 16.5 Å². The Morgan fingerprint density at radius 1 is 1.32 bits per heavy atom. The van der Waals surface area contributed by atoms with Gasteiger partial charge in [-0.3, -0.25) is 10.00 Å². The van der Waals surface area contributed by atoms with Crippen LogP contribution in [0.3, 0.4) is 0 Å². The van der Waals surface area contributed by atoms with Crippen molar-refractivity contribution in [1.82, 2.24) is 15.1 Å². The van der Waals surface area contributed by atoms with Crippen LogP contribution in [-0.4, -0.2) is 39.9 Å². The minimum Gasteiger partial charge on any atom is -0.396 e. The van der Waals surface area contributed by atoms with Crippen molar-refractivity contribution in [3.05, 3.63) is 64.3 Å². The highest BCUT2D eigenvalue weighted by molar-refractivity contribution is 6.30. The van der Waals surface area contributed by atoms with E-state index < -0.39 is 17.0 Å². The molecule has 1 aliphatic rings. The molecule has 2 atom stereocenters. The average molecular weight is 406 g/mol. The summed E-state index contributed by atoms with van der Waals surface area (Å²) in [6.45, 7) is 0.628. The summed E-state index contributed by atoms with van der Waals surface area (Å²) in [4.78, 5) is 2.13. The van der Waals surface area contributed by atoms with Crippen molar-refractivity contribution in [2.24, 2.45) is 0 Å². The number of nitrogens with zero attached hydrogens (tertiary/aromatic N) is 2. The lowest BCUT2D eigenvalue weighted by molar-refractivity contribution is 0.253. The summed E-state index contributed by atoms with van der Waals surface area (Å²) in [5.74, 6) is -1.23. The third-order valence-corrected chi connectivity index (χ3v) is 6.07. The molecule has 0 bridgehead atoms. The zero-order valence-electron chi connectivity index (χ0n) is 15.6. The van der Waals surface area contributed by atoms with E-state index in [4.69, 9.17) is 11.6 Å². The predicted octanol–water partition coefficient (Wildman–Crippen LogP) is 4.41. The fourth-order valence-electron chi connectivity index (χ4n) is 4.48. The number of rotatable bonds is 7. The molecular formula is C21H22ClF2N3O. The highest BCUT2D eigenvalue weighted by Gasteiger charge is 2.58. The van der Waals surface area contributed by atoms with Crippen molar-refractivity contribution < 1.29 is 13.9 Å². The topological polar surface area (TPSA) is 52.2 Å². The normalized spacial score (nSPS) is 21.6. The molecule has 4 nitrogen and oxygen atoms in total. The van der Waals surface area contributed by atoms with Gasteiger partial charge < -0.3 is 5.11 Å². The number of aromatic nitrogens is 2. The van der Waals surface area contributed by atoms with E-state index in [1.165, 1.54) is 12.1 Å². The Labute approximate surface area is 167 Å². The van der Waals surface area contributed by atoms with Crippen LogP contribution >= 0.6 is 11.6 Å². The van der Waals surface area contributed by atoms with Crippen LogP contribution < -0.4 is 0 Å². The lowest BCUT2D eigenvalue weighted by atomic mass is 9.88. The number of aliphatic hydroxyl groups is 1. The molecule has 0 spiro atoms. The molecule has 2 unspecified atom stereocenters. The number of aliphatic hydroxyl groups excluding tert-OH is 1. The highest BCUT2D eigenvalue weighted by Crippen LogP contribution is 2.56. The van der Waals surface area contributed by atoms with Crippen molar-refractivity contribution >= 4 is 22.5 Å². The summed E-state index contributed by atoms with van der Waals surface area (Å²) in [6.07, 6.45) is 3.44. The molecule has 1 aliphatic carbocycles. The quantitative estimate of drug-likeness (QED) is 0.612. The lowest BCUT2D eigenvalue weighted by Crippen LogP contribution is -2.29. The minimum absolute atomic E-state index is 0.0106. The molecule has 7 heteroatoms. The molecular weight excluding hydrogens is 384 g/mol. The van der Waals surface area contributed by atoms with Crippen LogP contribution in [-0.2, 0) is 12.0 Å². The fourth-order valence-corrected chi connectivity index (χ4v) is 4.68. The molecule has 1 aromatic heterocycles. The van der Waals surface area contributed by atoms with Gasteiger partial charge in [0.1, 0.15) is 11.6 Å². The van der Waals surface area contributed by atoms with Crippen molar-refractivity contribution in [3.8, 4) is 0 Å². The maximum Gasteiger partial charge on any atom is 0.131 e. The molecule has 0 saturated heterocycles. The molecule has 3 aromatic rings. The first-order valence-electron chi connectivity index (χ1n) is 9.33. The number of hydrogen-bond acceptors (Lipinski definition) is 3. The second kappa shape index (κ2) is 7.43. The third-order valence-electron chi connectivity index (χ3n) is 5.85. The maximum atomic E-state index is 14.7. The standard InChI is InChI=1S/C21H22ClF2N3O/c1-27(12-13-4-2-5-18-15(13)11-25-26-18)19-10-21(19,6-3-7-28)20-16(23)8-14(22)9-17(20)24/h2,4-5,8-9,11,19,28H,3,6-7,10,12H2,1H3,(H,25,26). The second-order valence-corrected chi connectivity index (χ2v) is 8.05. The number of H-pyrrole nitrogens is 1.